The predicted octanol–water partition coefficient (Wildman–Crippen LogP) is 2.01. The molecule has 0 bridgehead atoms. The smallest absolute Gasteiger partial charge is 0.350 e. The van der Waals surface area contributed by atoms with Gasteiger partial charge in [-0.05, 0) is 24.3 Å². The Labute approximate surface area is 170 Å². The van der Waals surface area contributed by atoms with E-state index in [4.69, 9.17) is 5.11 Å². The Morgan fingerprint density at radius 2 is 1.48 bits per heavy atom. The summed E-state index contributed by atoms with van der Waals surface area (Å²) < 4.78 is 14.2. The molecule has 0 aliphatic carbocycles. The molecule has 152 valence electrons. The lowest BCUT2D eigenvalue weighted by Gasteiger charge is -2.15. The fourth-order valence-corrected chi connectivity index (χ4v) is 4.32. The molecule has 0 amide bonds. The van der Waals surface area contributed by atoms with Gasteiger partial charge in [0.05, 0.1) is 6.42 Å². The van der Waals surface area contributed by atoms with Gasteiger partial charge in [0.15, 0.2) is 0 Å². The number of nitrogens with zero attached hydrogens (tertiary/aromatic N) is 3. The van der Waals surface area contributed by atoms with Crippen molar-refractivity contribution in [2.75, 3.05) is 38.0 Å². The Morgan fingerprint density at radius 3 is 1.86 bits per heavy atom. The number of carboxylic acid groups (broad SMARTS) is 1. The average molecular weight is 414 g/mol. The molecule has 7 nitrogen and oxygen atoms in total. The number of fused-ring (bicyclic) bond motifs is 2. The second kappa shape index (κ2) is 8.31. The molecule has 0 saturated heterocycles. The first-order valence-corrected chi connectivity index (χ1v) is 10.5. The Morgan fingerprint density at radius 1 is 1.00 bits per heavy atom. The minimum absolute atomic E-state index is 0.0499. The molecule has 1 atom stereocenters. The van der Waals surface area contributed by atoms with E-state index in [0.29, 0.717) is 29.0 Å². The summed E-state index contributed by atoms with van der Waals surface area (Å²) in [6, 6.07) is 11.4. The van der Waals surface area contributed by atoms with Crippen molar-refractivity contribution in [3.63, 3.8) is 0 Å². The van der Waals surface area contributed by atoms with E-state index >= 15 is 0 Å². The van der Waals surface area contributed by atoms with Gasteiger partial charge >= 0.3 is 14.0 Å². The maximum absolute atomic E-state index is 12.2. The zero-order valence-corrected chi connectivity index (χ0v) is 17.9. The van der Waals surface area contributed by atoms with Crippen LogP contribution in [-0.2, 0) is 15.9 Å². The highest BCUT2D eigenvalue weighted by Crippen LogP contribution is 2.29. The molecular formula is C21H25N3O4P+. The van der Waals surface area contributed by atoms with Crippen LogP contribution in [0.1, 0.15) is 12.8 Å². The molecule has 0 spiro atoms. The molecular weight excluding hydrogens is 389 g/mol. The summed E-state index contributed by atoms with van der Waals surface area (Å²) in [6.45, 7) is 0.475. The van der Waals surface area contributed by atoms with Crippen LogP contribution < -0.4 is 24.6 Å². The number of hydrogen-bond acceptors (Lipinski definition) is 5. The predicted molar refractivity (Wildman–Crippen MR) is 114 cm³/mol. The Hall–Kier alpha value is -2.76. The number of anilines is 2. The fourth-order valence-electron chi connectivity index (χ4n) is 3.54. The third-order valence-electron chi connectivity index (χ3n) is 5.04. The normalized spacial score (nSPS) is 11.7. The second-order valence-corrected chi connectivity index (χ2v) is 8.41. The maximum atomic E-state index is 12.2. The minimum atomic E-state index is -2.82. The first-order chi connectivity index (χ1) is 13.7. The van der Waals surface area contributed by atoms with Crippen LogP contribution in [0.5, 0.6) is 0 Å². The van der Waals surface area contributed by atoms with Crippen LogP contribution in [0.4, 0.5) is 11.4 Å². The number of hydrogen-bond donors (Lipinski definition) is 1. The summed E-state index contributed by atoms with van der Waals surface area (Å²) in [6.07, 6.45) is 0.500. The van der Waals surface area contributed by atoms with Gasteiger partial charge in [0.2, 0.25) is 16.3 Å². The molecule has 1 unspecified atom stereocenters. The molecule has 2 aromatic carbocycles. The summed E-state index contributed by atoms with van der Waals surface area (Å²) in [7, 11) is 4.89. The van der Waals surface area contributed by atoms with Crippen molar-refractivity contribution in [2.45, 2.75) is 19.4 Å². The molecule has 0 radical (unpaired) electrons. The van der Waals surface area contributed by atoms with Crippen LogP contribution in [-0.4, -0.2) is 39.3 Å². The molecule has 0 saturated carbocycles. The highest BCUT2D eigenvalue weighted by atomic mass is 31.1. The van der Waals surface area contributed by atoms with Crippen LogP contribution in [0.15, 0.2) is 36.4 Å². The average Bonchev–Trinajstić information content (AvgIpc) is 2.65. The summed E-state index contributed by atoms with van der Waals surface area (Å²) in [5.74, 6) is -0.846. The van der Waals surface area contributed by atoms with Gasteiger partial charge in [0.25, 0.3) is 0 Å². The molecule has 8 heteroatoms. The molecule has 1 heterocycles. The monoisotopic (exact) mass is 414 g/mol. The lowest BCUT2D eigenvalue weighted by molar-refractivity contribution is -0.645. The largest absolute Gasteiger partial charge is 0.591 e. The quantitative estimate of drug-likeness (QED) is 0.362. The van der Waals surface area contributed by atoms with Gasteiger partial charge in [-0.2, -0.15) is 4.57 Å². The molecule has 3 rings (SSSR count). The third kappa shape index (κ3) is 4.16. The Kier molecular flexibility index (Phi) is 6.01. The van der Waals surface area contributed by atoms with E-state index in [2.05, 4.69) is 0 Å². The number of pyridine rings is 1. The third-order valence-corrected chi connectivity index (χ3v) is 5.89. The van der Waals surface area contributed by atoms with Crippen molar-refractivity contribution in [3.8, 4) is 0 Å². The van der Waals surface area contributed by atoms with Gasteiger partial charge in [-0.25, -0.2) is 0 Å². The number of aryl methyl sites for hydroxylation is 1. The summed E-state index contributed by atoms with van der Waals surface area (Å²) >= 11 is 0. The van der Waals surface area contributed by atoms with Gasteiger partial charge < -0.3 is 19.8 Å². The van der Waals surface area contributed by atoms with E-state index in [1.807, 2.05) is 79.0 Å². The lowest BCUT2D eigenvalue weighted by atomic mass is 10.1. The van der Waals surface area contributed by atoms with E-state index in [1.165, 1.54) is 0 Å². The molecule has 0 aliphatic rings. The van der Waals surface area contributed by atoms with E-state index < -0.39 is 14.0 Å². The van der Waals surface area contributed by atoms with Crippen LogP contribution >= 0.6 is 8.03 Å². The number of benzene rings is 2. The molecule has 0 fully saturated rings. The zero-order valence-electron chi connectivity index (χ0n) is 17.0. The Bertz CT molecular complexity index is 1040. The summed E-state index contributed by atoms with van der Waals surface area (Å²) in [4.78, 5) is 27.2. The minimum Gasteiger partial charge on any atom is -0.591 e. The van der Waals surface area contributed by atoms with Crippen LogP contribution in [0, 0.1) is 0 Å². The number of carboxylic acids is 1. The first kappa shape index (κ1) is 21.0. The van der Waals surface area contributed by atoms with Gasteiger partial charge in [-0.15, -0.1) is 0 Å². The van der Waals surface area contributed by atoms with Crippen molar-refractivity contribution < 1.29 is 23.9 Å². The number of aromatic nitrogens is 1. The highest BCUT2D eigenvalue weighted by Gasteiger charge is 2.28. The first-order valence-electron chi connectivity index (χ1n) is 9.35. The fraction of sp³-hybridized carbons (Fsp3) is 0.333. The standard InChI is InChI=1S/C21H24N3O4P/c1-22(2)14-7-9-16-18(12-14)24(11-5-6-20(25)26)19-13-15(23(3)4)8-10-17(19)21(16)29(27)28/h7-10,12-13H,5-6,11H2,1-4H3/p+1. The van der Waals surface area contributed by atoms with Gasteiger partial charge in [-0.1, -0.05) is 4.57 Å². The van der Waals surface area contributed by atoms with Crippen molar-refractivity contribution in [3.05, 3.63) is 36.4 Å². The van der Waals surface area contributed by atoms with E-state index in [-0.39, 0.29) is 6.42 Å². The zero-order chi connectivity index (χ0) is 21.3. The summed E-state index contributed by atoms with van der Waals surface area (Å²) in [5, 5.41) is 10.7. The van der Waals surface area contributed by atoms with Crippen molar-refractivity contribution >= 4 is 52.5 Å². The number of aliphatic carboxylic acids is 1. The van der Waals surface area contributed by atoms with Gasteiger partial charge in [-0.3, -0.25) is 4.79 Å². The van der Waals surface area contributed by atoms with E-state index in [9.17, 15) is 14.3 Å². The van der Waals surface area contributed by atoms with Crippen LogP contribution in [0.25, 0.3) is 21.8 Å². The van der Waals surface area contributed by atoms with Crippen molar-refractivity contribution in [1.29, 1.82) is 0 Å². The topological polar surface area (TPSA) is 87.8 Å². The van der Waals surface area contributed by atoms with Crippen molar-refractivity contribution in [2.24, 2.45) is 0 Å². The van der Waals surface area contributed by atoms with E-state index in [1.54, 1.807) is 0 Å². The molecule has 1 aromatic heterocycles. The molecule has 0 aliphatic heterocycles. The highest BCUT2D eigenvalue weighted by molar-refractivity contribution is 7.47. The molecule has 3 aromatic rings. The van der Waals surface area contributed by atoms with Crippen LogP contribution in [0.3, 0.4) is 0 Å². The van der Waals surface area contributed by atoms with Gasteiger partial charge in [0, 0.05) is 58.1 Å². The molecule has 1 N–H and O–H groups in total. The second-order valence-electron chi connectivity index (χ2n) is 7.45. The Balaban J connectivity index is 2.41. The molecule has 29 heavy (non-hydrogen) atoms. The van der Waals surface area contributed by atoms with Crippen LogP contribution in [0.2, 0.25) is 0 Å². The van der Waals surface area contributed by atoms with E-state index in [0.717, 1.165) is 22.4 Å². The number of rotatable bonds is 7. The van der Waals surface area contributed by atoms with Crippen molar-refractivity contribution in [1.82, 2.24) is 0 Å². The van der Waals surface area contributed by atoms with Gasteiger partial charge in [0.1, 0.15) is 17.3 Å². The maximum Gasteiger partial charge on any atom is 0.350 e. The number of carbonyl (C=O) groups is 1. The lowest BCUT2D eigenvalue weighted by Crippen LogP contribution is -2.38. The summed E-state index contributed by atoms with van der Waals surface area (Å²) in [5.41, 5.74) is 3.44. The SMILES string of the molecule is CN(C)c1ccc2c([P+](=O)[O-])c3ccc(N(C)C)cc3[n+](CCCC(=O)O)c2c1.